The smallest absolute Gasteiger partial charge is 0.303 e. The van der Waals surface area contributed by atoms with Gasteiger partial charge < -0.3 is 5.11 Å². The van der Waals surface area contributed by atoms with E-state index in [9.17, 15) is 4.79 Å². The maximum Gasteiger partial charge on any atom is 0.303 e. The van der Waals surface area contributed by atoms with Gasteiger partial charge in [0.25, 0.3) is 0 Å². The fraction of sp³-hybridized carbons (Fsp3) is 0.875. The summed E-state index contributed by atoms with van der Waals surface area (Å²) in [5.41, 5.74) is 0. The van der Waals surface area contributed by atoms with Crippen LogP contribution in [0, 0.1) is 0 Å². The van der Waals surface area contributed by atoms with E-state index in [4.69, 9.17) is 5.11 Å². The molecule has 0 aromatic carbocycles. The molecular formula is C24H46O2. The number of rotatable bonds is 21. The second-order valence-corrected chi connectivity index (χ2v) is 7.85. The number of unbranched alkanes of at least 4 members (excludes halogenated alkanes) is 17. The summed E-state index contributed by atoms with van der Waals surface area (Å²) in [6.45, 7) is 2.25. The van der Waals surface area contributed by atoms with Gasteiger partial charge in [-0.3, -0.25) is 4.79 Å². The van der Waals surface area contributed by atoms with Crippen LogP contribution in [0.25, 0.3) is 0 Å². The van der Waals surface area contributed by atoms with Gasteiger partial charge in [-0.05, 0) is 25.7 Å². The number of allylic oxidation sites excluding steroid dienone is 2. The molecule has 0 aliphatic heterocycles. The molecule has 1 N–H and O–H groups in total. The summed E-state index contributed by atoms with van der Waals surface area (Å²) in [7, 11) is 0. The molecule has 0 aliphatic carbocycles. The Morgan fingerprint density at radius 3 is 1.31 bits per heavy atom. The highest BCUT2D eigenvalue weighted by Crippen LogP contribution is 2.14. The van der Waals surface area contributed by atoms with Crippen LogP contribution in [-0.2, 0) is 4.79 Å². The Morgan fingerprint density at radius 1 is 0.577 bits per heavy atom. The van der Waals surface area contributed by atoms with Gasteiger partial charge in [0.1, 0.15) is 0 Å². The van der Waals surface area contributed by atoms with Gasteiger partial charge in [0.2, 0.25) is 0 Å². The lowest BCUT2D eigenvalue weighted by Gasteiger charge is -2.03. The van der Waals surface area contributed by atoms with Crippen LogP contribution in [0.5, 0.6) is 0 Å². The molecule has 0 spiro atoms. The zero-order valence-electron chi connectivity index (χ0n) is 17.7. The maximum absolute atomic E-state index is 10.4. The Labute approximate surface area is 163 Å². The summed E-state index contributed by atoms with van der Waals surface area (Å²) in [5, 5.41) is 8.57. The summed E-state index contributed by atoms with van der Waals surface area (Å²) in [4.78, 5) is 10.4. The first-order valence-electron chi connectivity index (χ1n) is 11.6. The topological polar surface area (TPSA) is 37.3 Å². The molecular weight excluding hydrogens is 320 g/mol. The van der Waals surface area contributed by atoms with Gasteiger partial charge in [0, 0.05) is 6.42 Å². The Balaban J connectivity index is 3.03. The molecule has 2 heteroatoms. The first-order chi connectivity index (χ1) is 12.8. The Hall–Kier alpha value is -0.790. The Kier molecular flexibility index (Phi) is 21.6. The number of carboxylic acid groups (broad SMARTS) is 1. The van der Waals surface area contributed by atoms with E-state index in [0.717, 1.165) is 12.8 Å². The van der Waals surface area contributed by atoms with Crippen molar-refractivity contribution < 1.29 is 9.90 Å². The number of aliphatic carboxylic acids is 1. The molecule has 0 unspecified atom stereocenters. The number of hydrogen-bond acceptors (Lipinski definition) is 1. The second-order valence-electron chi connectivity index (χ2n) is 7.85. The van der Waals surface area contributed by atoms with Crippen LogP contribution in [0.3, 0.4) is 0 Å². The van der Waals surface area contributed by atoms with Gasteiger partial charge in [0.05, 0.1) is 0 Å². The SMILES string of the molecule is CCCC/C=C/CCCCCCCCCCCCCCCCCC(=O)O. The van der Waals surface area contributed by atoms with Gasteiger partial charge in [-0.25, -0.2) is 0 Å². The molecule has 0 aromatic heterocycles. The van der Waals surface area contributed by atoms with Gasteiger partial charge in [-0.1, -0.05) is 115 Å². The van der Waals surface area contributed by atoms with E-state index < -0.39 is 5.97 Å². The molecule has 2 nitrogen and oxygen atoms in total. The normalized spacial score (nSPS) is 11.4. The van der Waals surface area contributed by atoms with Crippen molar-refractivity contribution in [3.63, 3.8) is 0 Å². The van der Waals surface area contributed by atoms with Crippen LogP contribution in [0.4, 0.5) is 0 Å². The minimum absolute atomic E-state index is 0.343. The van der Waals surface area contributed by atoms with Gasteiger partial charge in [-0.15, -0.1) is 0 Å². The highest BCUT2D eigenvalue weighted by Gasteiger charge is 1.97. The largest absolute Gasteiger partial charge is 0.481 e. The van der Waals surface area contributed by atoms with Crippen molar-refractivity contribution in [2.45, 2.75) is 135 Å². The predicted molar refractivity (Wildman–Crippen MR) is 115 cm³/mol. The predicted octanol–water partition coefficient (Wildman–Crippen LogP) is 8.45. The molecule has 0 bridgehead atoms. The third-order valence-corrected chi connectivity index (χ3v) is 5.15. The third kappa shape index (κ3) is 23.2. The molecule has 0 fully saturated rings. The van der Waals surface area contributed by atoms with E-state index in [2.05, 4.69) is 19.1 Å². The maximum atomic E-state index is 10.4. The summed E-state index contributed by atoms with van der Waals surface area (Å²) in [6, 6.07) is 0. The lowest BCUT2D eigenvalue weighted by molar-refractivity contribution is -0.137. The fourth-order valence-corrected chi connectivity index (χ4v) is 3.39. The van der Waals surface area contributed by atoms with Crippen molar-refractivity contribution >= 4 is 5.97 Å². The van der Waals surface area contributed by atoms with Crippen LogP contribution in [0.1, 0.15) is 135 Å². The quantitative estimate of drug-likeness (QED) is 0.163. The molecule has 0 aliphatic rings. The summed E-state index contributed by atoms with van der Waals surface area (Å²) >= 11 is 0. The van der Waals surface area contributed by atoms with E-state index in [1.165, 1.54) is 109 Å². The zero-order valence-corrected chi connectivity index (χ0v) is 17.7. The van der Waals surface area contributed by atoms with Crippen molar-refractivity contribution in [3.05, 3.63) is 12.2 Å². The number of carbonyl (C=O) groups is 1. The van der Waals surface area contributed by atoms with Crippen LogP contribution in [0.2, 0.25) is 0 Å². The first-order valence-corrected chi connectivity index (χ1v) is 11.6. The number of carboxylic acids is 1. The monoisotopic (exact) mass is 366 g/mol. The molecule has 0 aromatic rings. The van der Waals surface area contributed by atoms with Crippen molar-refractivity contribution in [2.24, 2.45) is 0 Å². The molecule has 0 saturated heterocycles. The van der Waals surface area contributed by atoms with Crippen molar-refractivity contribution in [1.82, 2.24) is 0 Å². The van der Waals surface area contributed by atoms with Gasteiger partial charge in [-0.2, -0.15) is 0 Å². The average Bonchev–Trinajstić information content (AvgIpc) is 2.62. The molecule has 0 saturated carbocycles. The molecule has 0 atom stereocenters. The van der Waals surface area contributed by atoms with Crippen molar-refractivity contribution in [1.29, 1.82) is 0 Å². The van der Waals surface area contributed by atoms with Crippen LogP contribution in [0.15, 0.2) is 12.2 Å². The van der Waals surface area contributed by atoms with Gasteiger partial charge >= 0.3 is 5.97 Å². The van der Waals surface area contributed by atoms with Crippen LogP contribution >= 0.6 is 0 Å². The first kappa shape index (κ1) is 25.2. The molecule has 0 heterocycles. The van der Waals surface area contributed by atoms with Crippen molar-refractivity contribution in [2.75, 3.05) is 0 Å². The highest BCUT2D eigenvalue weighted by atomic mass is 16.4. The molecule has 0 rings (SSSR count). The third-order valence-electron chi connectivity index (χ3n) is 5.15. The van der Waals surface area contributed by atoms with E-state index in [1.54, 1.807) is 0 Å². The van der Waals surface area contributed by atoms with Crippen LogP contribution in [-0.4, -0.2) is 11.1 Å². The van der Waals surface area contributed by atoms with Crippen LogP contribution < -0.4 is 0 Å². The lowest BCUT2D eigenvalue weighted by atomic mass is 10.0. The molecule has 0 amide bonds. The summed E-state index contributed by atoms with van der Waals surface area (Å²) < 4.78 is 0. The van der Waals surface area contributed by atoms with E-state index >= 15 is 0 Å². The van der Waals surface area contributed by atoms with Gasteiger partial charge in [0.15, 0.2) is 0 Å². The average molecular weight is 367 g/mol. The highest BCUT2D eigenvalue weighted by molar-refractivity contribution is 5.66. The van der Waals surface area contributed by atoms with Crippen molar-refractivity contribution in [3.8, 4) is 0 Å². The zero-order chi connectivity index (χ0) is 19.1. The Morgan fingerprint density at radius 2 is 0.923 bits per heavy atom. The number of hydrogen-bond donors (Lipinski definition) is 1. The molecule has 26 heavy (non-hydrogen) atoms. The minimum Gasteiger partial charge on any atom is -0.481 e. The van der Waals surface area contributed by atoms with E-state index in [0.29, 0.717) is 6.42 Å². The Bertz CT molecular complexity index is 309. The second kappa shape index (κ2) is 22.3. The minimum atomic E-state index is -0.653. The lowest BCUT2D eigenvalue weighted by Crippen LogP contribution is -1.93. The van der Waals surface area contributed by atoms with E-state index in [-0.39, 0.29) is 0 Å². The summed E-state index contributed by atoms with van der Waals surface area (Å²) in [6.07, 6.45) is 30.1. The standard InChI is InChI=1S/C24H46O2/c1-2-3-4-5-6-7-8-9-10-11-12-13-14-15-16-17-18-19-20-21-22-23-24(25)26/h5-6H,2-4,7-23H2,1H3,(H,25,26)/b6-5+. The molecule has 154 valence electrons. The molecule has 0 radical (unpaired) electrons. The van der Waals surface area contributed by atoms with E-state index in [1.807, 2.05) is 0 Å². The fourth-order valence-electron chi connectivity index (χ4n) is 3.39. The summed E-state index contributed by atoms with van der Waals surface area (Å²) in [5.74, 6) is -0.653.